The van der Waals surface area contributed by atoms with Gasteiger partial charge < -0.3 is 15.0 Å². The average molecular weight is 523 g/mol. The molecular formula is C20H34IN3O3S. The van der Waals surface area contributed by atoms with Gasteiger partial charge in [-0.1, -0.05) is 26.0 Å². The van der Waals surface area contributed by atoms with Gasteiger partial charge in [0, 0.05) is 38.9 Å². The molecule has 1 N–H and O–H groups in total. The number of rotatable bonds is 7. The minimum absolute atomic E-state index is 0. The van der Waals surface area contributed by atoms with Crippen molar-refractivity contribution in [1.29, 1.82) is 0 Å². The van der Waals surface area contributed by atoms with Crippen molar-refractivity contribution >= 4 is 39.8 Å². The summed E-state index contributed by atoms with van der Waals surface area (Å²) in [5, 5.41) is 3.44. The topological polar surface area (TPSA) is 71.0 Å². The molecule has 1 aliphatic rings. The lowest BCUT2D eigenvalue weighted by Gasteiger charge is -2.28. The lowest BCUT2D eigenvalue weighted by atomic mass is 9.90. The summed E-state index contributed by atoms with van der Waals surface area (Å²) in [6, 6.07) is 8.29. The molecule has 0 amide bonds. The van der Waals surface area contributed by atoms with E-state index in [0.717, 1.165) is 31.2 Å². The number of likely N-dealkylation sites (tertiary alicyclic amines) is 1. The Morgan fingerprint density at radius 2 is 1.96 bits per heavy atom. The van der Waals surface area contributed by atoms with Crippen LogP contribution < -0.4 is 10.1 Å². The van der Waals surface area contributed by atoms with Crippen molar-refractivity contribution in [3.05, 3.63) is 29.8 Å². The predicted molar refractivity (Wildman–Crippen MR) is 127 cm³/mol. The monoisotopic (exact) mass is 523 g/mol. The van der Waals surface area contributed by atoms with E-state index in [2.05, 4.69) is 41.2 Å². The number of aliphatic imine (C=N–C) groups is 1. The molecule has 0 bridgehead atoms. The summed E-state index contributed by atoms with van der Waals surface area (Å²) >= 11 is 0. The molecule has 0 saturated carbocycles. The third kappa shape index (κ3) is 7.77. The Hall–Kier alpha value is -1.03. The molecule has 8 heteroatoms. The van der Waals surface area contributed by atoms with E-state index in [-0.39, 0.29) is 35.1 Å². The van der Waals surface area contributed by atoms with Crippen LogP contribution in [0.3, 0.4) is 0 Å². The number of nitrogens with zero attached hydrogens (tertiary/aromatic N) is 2. The molecule has 1 saturated heterocycles. The quantitative estimate of drug-likeness (QED) is 0.338. The lowest BCUT2D eigenvalue weighted by Crippen LogP contribution is -2.44. The van der Waals surface area contributed by atoms with Gasteiger partial charge in [-0.25, -0.2) is 8.42 Å². The van der Waals surface area contributed by atoms with Gasteiger partial charge in [-0.15, -0.1) is 24.0 Å². The Bertz CT molecular complexity index is 748. The lowest BCUT2D eigenvalue weighted by molar-refractivity contribution is 0.341. The standard InChI is InChI=1S/C20H33N3O3S.HI/c1-20(2,11-13-27(5,24)25)15-22-19(21-3)23-12-10-17(14-23)16-6-8-18(26-4)9-7-16;/h6-9,17H,10-15H2,1-5H3,(H,21,22);1H. The van der Waals surface area contributed by atoms with Crippen LogP contribution in [-0.2, 0) is 9.84 Å². The predicted octanol–water partition coefficient (Wildman–Crippen LogP) is 3.14. The molecule has 1 heterocycles. The van der Waals surface area contributed by atoms with E-state index in [1.165, 1.54) is 11.8 Å². The highest BCUT2D eigenvalue weighted by Crippen LogP contribution is 2.28. The van der Waals surface area contributed by atoms with Gasteiger partial charge in [0.2, 0.25) is 0 Å². The first-order valence-electron chi connectivity index (χ1n) is 9.41. The molecular weight excluding hydrogens is 489 g/mol. The van der Waals surface area contributed by atoms with Gasteiger partial charge in [-0.3, -0.25) is 4.99 Å². The van der Waals surface area contributed by atoms with Gasteiger partial charge in [0.25, 0.3) is 0 Å². The first-order chi connectivity index (χ1) is 12.6. The van der Waals surface area contributed by atoms with Crippen molar-refractivity contribution in [2.24, 2.45) is 10.4 Å². The Morgan fingerprint density at radius 3 is 2.50 bits per heavy atom. The fourth-order valence-electron chi connectivity index (χ4n) is 3.30. The first-order valence-corrected chi connectivity index (χ1v) is 11.5. The molecule has 0 spiro atoms. The molecule has 0 radical (unpaired) electrons. The Morgan fingerprint density at radius 1 is 1.32 bits per heavy atom. The maximum atomic E-state index is 11.4. The average Bonchev–Trinajstić information content (AvgIpc) is 3.10. The zero-order valence-corrected chi connectivity index (χ0v) is 20.7. The molecule has 0 aliphatic carbocycles. The molecule has 1 unspecified atom stereocenters. The Kier molecular flexibility index (Phi) is 9.52. The molecule has 6 nitrogen and oxygen atoms in total. The summed E-state index contributed by atoms with van der Waals surface area (Å²) in [5.41, 5.74) is 1.20. The minimum Gasteiger partial charge on any atom is -0.497 e. The van der Waals surface area contributed by atoms with E-state index in [4.69, 9.17) is 4.74 Å². The van der Waals surface area contributed by atoms with Gasteiger partial charge >= 0.3 is 0 Å². The molecule has 1 aromatic carbocycles. The van der Waals surface area contributed by atoms with E-state index >= 15 is 0 Å². The fraction of sp³-hybridized carbons (Fsp3) is 0.650. The normalized spacial score (nSPS) is 18.0. The van der Waals surface area contributed by atoms with Crippen molar-refractivity contribution in [2.45, 2.75) is 32.6 Å². The van der Waals surface area contributed by atoms with Crippen LogP contribution >= 0.6 is 24.0 Å². The van der Waals surface area contributed by atoms with Crippen LogP contribution in [0.25, 0.3) is 0 Å². The highest BCUT2D eigenvalue weighted by molar-refractivity contribution is 14.0. The largest absolute Gasteiger partial charge is 0.497 e. The van der Waals surface area contributed by atoms with Gasteiger partial charge in [0.05, 0.1) is 12.9 Å². The molecule has 2 rings (SSSR count). The smallest absolute Gasteiger partial charge is 0.193 e. The van der Waals surface area contributed by atoms with E-state index in [1.54, 1.807) is 14.2 Å². The second kappa shape index (κ2) is 10.7. The van der Waals surface area contributed by atoms with Crippen molar-refractivity contribution in [3.8, 4) is 5.75 Å². The van der Waals surface area contributed by atoms with Crippen LogP contribution in [0.1, 0.15) is 38.2 Å². The number of sulfone groups is 1. The maximum Gasteiger partial charge on any atom is 0.193 e. The van der Waals surface area contributed by atoms with Crippen LogP contribution in [0.2, 0.25) is 0 Å². The van der Waals surface area contributed by atoms with E-state index in [9.17, 15) is 8.42 Å². The van der Waals surface area contributed by atoms with Crippen LogP contribution in [0.4, 0.5) is 0 Å². The molecule has 28 heavy (non-hydrogen) atoms. The third-order valence-corrected chi connectivity index (χ3v) is 6.11. The van der Waals surface area contributed by atoms with Crippen molar-refractivity contribution < 1.29 is 13.2 Å². The summed E-state index contributed by atoms with van der Waals surface area (Å²) < 4.78 is 28.1. The highest BCUT2D eigenvalue weighted by Gasteiger charge is 2.27. The molecule has 1 atom stereocenters. The number of hydrogen-bond donors (Lipinski definition) is 1. The number of guanidine groups is 1. The first kappa shape index (κ1) is 25.0. The van der Waals surface area contributed by atoms with Crippen molar-refractivity contribution in [2.75, 3.05) is 45.8 Å². The second-order valence-electron chi connectivity index (χ2n) is 8.15. The molecule has 160 valence electrons. The van der Waals surface area contributed by atoms with Crippen LogP contribution in [0.15, 0.2) is 29.3 Å². The number of benzene rings is 1. The number of halogens is 1. The fourth-order valence-corrected chi connectivity index (χ4v) is 4.22. The molecule has 0 aromatic heterocycles. The number of hydrogen-bond acceptors (Lipinski definition) is 4. The Labute approximate surface area is 187 Å². The highest BCUT2D eigenvalue weighted by atomic mass is 127. The maximum absolute atomic E-state index is 11.4. The summed E-state index contributed by atoms with van der Waals surface area (Å²) in [6.45, 7) is 6.75. The number of ether oxygens (including phenoxy) is 1. The number of nitrogens with one attached hydrogen (secondary N) is 1. The molecule has 1 aromatic rings. The molecule has 1 fully saturated rings. The van der Waals surface area contributed by atoms with E-state index < -0.39 is 9.84 Å². The zero-order chi connectivity index (χ0) is 20.1. The second-order valence-corrected chi connectivity index (χ2v) is 10.4. The van der Waals surface area contributed by atoms with Gasteiger partial charge in [0.1, 0.15) is 15.6 Å². The van der Waals surface area contributed by atoms with Crippen molar-refractivity contribution in [1.82, 2.24) is 10.2 Å². The van der Waals surface area contributed by atoms with E-state index in [1.807, 2.05) is 12.1 Å². The summed E-state index contributed by atoms with van der Waals surface area (Å²) in [6.07, 6.45) is 3.01. The van der Waals surface area contributed by atoms with Gasteiger partial charge in [0.15, 0.2) is 5.96 Å². The summed E-state index contributed by atoms with van der Waals surface area (Å²) in [4.78, 5) is 6.71. The minimum atomic E-state index is -2.94. The Balaban J connectivity index is 0.00000392. The van der Waals surface area contributed by atoms with Gasteiger partial charge in [-0.05, 0) is 36.0 Å². The van der Waals surface area contributed by atoms with Crippen LogP contribution in [0.5, 0.6) is 5.75 Å². The van der Waals surface area contributed by atoms with E-state index in [0.29, 0.717) is 18.9 Å². The van der Waals surface area contributed by atoms with Crippen LogP contribution in [0, 0.1) is 5.41 Å². The number of methoxy groups -OCH3 is 1. The molecule has 1 aliphatic heterocycles. The SMILES string of the molecule is CN=C(NCC(C)(C)CCS(C)(=O)=O)N1CCC(c2ccc(OC)cc2)C1.I. The summed E-state index contributed by atoms with van der Waals surface area (Å²) in [7, 11) is 0.541. The third-order valence-electron chi connectivity index (χ3n) is 5.16. The zero-order valence-electron chi connectivity index (χ0n) is 17.6. The van der Waals surface area contributed by atoms with Crippen LogP contribution in [-0.4, -0.2) is 65.1 Å². The van der Waals surface area contributed by atoms with Crippen molar-refractivity contribution in [3.63, 3.8) is 0 Å². The summed E-state index contributed by atoms with van der Waals surface area (Å²) in [5.74, 6) is 2.46. The van der Waals surface area contributed by atoms with Gasteiger partial charge in [-0.2, -0.15) is 0 Å².